The van der Waals surface area contributed by atoms with Gasteiger partial charge in [0.05, 0.1) is 13.0 Å². The van der Waals surface area contributed by atoms with Crippen molar-refractivity contribution in [3.05, 3.63) is 48.3 Å². The Balaban J connectivity index is 1.83. The van der Waals surface area contributed by atoms with Gasteiger partial charge in [-0.05, 0) is 23.8 Å². The zero-order valence-corrected chi connectivity index (χ0v) is 11.0. The molecule has 1 aromatic heterocycles. The van der Waals surface area contributed by atoms with Crippen LogP contribution in [0.4, 0.5) is 5.69 Å². The minimum Gasteiger partial charge on any atom is -0.399 e. The molecule has 5 heteroatoms. The van der Waals surface area contributed by atoms with Crippen LogP contribution in [0.15, 0.2) is 42.7 Å². The molecule has 100 valence electrons. The smallest absolute Gasteiger partial charge is 0.226 e. The van der Waals surface area contributed by atoms with Crippen LogP contribution in [-0.2, 0) is 17.8 Å². The van der Waals surface area contributed by atoms with Gasteiger partial charge in [0, 0.05) is 31.7 Å². The lowest BCUT2D eigenvalue weighted by Crippen LogP contribution is -2.31. The molecule has 19 heavy (non-hydrogen) atoms. The number of carbonyl (C=O) groups excluding carboxylic acids is 1. The average molecular weight is 258 g/mol. The quantitative estimate of drug-likeness (QED) is 0.819. The number of rotatable bonds is 5. The van der Waals surface area contributed by atoms with Gasteiger partial charge in [-0.3, -0.25) is 9.48 Å². The summed E-state index contributed by atoms with van der Waals surface area (Å²) in [6, 6.07) is 9.26. The first kappa shape index (κ1) is 13.1. The van der Waals surface area contributed by atoms with E-state index in [1.54, 1.807) is 11.1 Å². The molecule has 1 amide bonds. The second-order valence-corrected chi connectivity index (χ2v) is 4.50. The van der Waals surface area contributed by atoms with Crippen LogP contribution in [0.3, 0.4) is 0 Å². The fourth-order valence-corrected chi connectivity index (χ4v) is 1.75. The van der Waals surface area contributed by atoms with Crippen molar-refractivity contribution in [1.82, 2.24) is 14.7 Å². The normalized spacial score (nSPS) is 10.4. The molecular weight excluding hydrogens is 240 g/mol. The Bertz CT molecular complexity index is 519. The maximum atomic E-state index is 12.0. The maximum Gasteiger partial charge on any atom is 0.226 e. The lowest BCUT2D eigenvalue weighted by atomic mass is 10.1. The predicted molar refractivity (Wildman–Crippen MR) is 74.4 cm³/mol. The first-order chi connectivity index (χ1) is 9.15. The fourth-order valence-electron chi connectivity index (χ4n) is 1.75. The van der Waals surface area contributed by atoms with Crippen LogP contribution in [0, 0.1) is 0 Å². The molecule has 2 N–H and O–H groups in total. The van der Waals surface area contributed by atoms with E-state index in [0.29, 0.717) is 25.2 Å². The van der Waals surface area contributed by atoms with Crippen LogP contribution < -0.4 is 5.73 Å². The predicted octanol–water partition coefficient (Wildman–Crippen LogP) is 1.17. The van der Waals surface area contributed by atoms with E-state index in [4.69, 9.17) is 5.73 Å². The molecule has 0 aliphatic rings. The number of aromatic nitrogens is 2. The van der Waals surface area contributed by atoms with Crippen LogP contribution in [0.1, 0.15) is 5.56 Å². The molecule has 0 atom stereocenters. The van der Waals surface area contributed by atoms with Crippen LogP contribution >= 0.6 is 0 Å². The molecule has 0 aliphatic heterocycles. The highest BCUT2D eigenvalue weighted by Gasteiger charge is 2.09. The highest BCUT2D eigenvalue weighted by molar-refractivity contribution is 5.78. The molecule has 5 nitrogen and oxygen atoms in total. The van der Waals surface area contributed by atoms with Crippen molar-refractivity contribution in [3.8, 4) is 0 Å². The van der Waals surface area contributed by atoms with Gasteiger partial charge in [0.25, 0.3) is 0 Å². The zero-order valence-electron chi connectivity index (χ0n) is 11.0. The van der Waals surface area contributed by atoms with Gasteiger partial charge in [-0.25, -0.2) is 0 Å². The molecule has 0 fully saturated rings. The number of nitrogens with zero attached hydrogens (tertiary/aromatic N) is 3. The van der Waals surface area contributed by atoms with Crippen LogP contribution in [0.2, 0.25) is 0 Å². The topological polar surface area (TPSA) is 64.2 Å². The summed E-state index contributed by atoms with van der Waals surface area (Å²) >= 11 is 0. The lowest BCUT2D eigenvalue weighted by Gasteiger charge is -2.17. The molecule has 0 spiro atoms. The number of likely N-dealkylation sites (N-methyl/N-ethyl adjacent to an activating group) is 1. The van der Waals surface area contributed by atoms with Crippen molar-refractivity contribution in [2.75, 3.05) is 19.3 Å². The Kier molecular flexibility index (Phi) is 4.18. The molecule has 2 rings (SSSR count). The molecule has 1 aromatic carbocycles. The first-order valence-electron chi connectivity index (χ1n) is 6.21. The number of nitrogens with two attached hydrogens (primary N) is 1. The summed E-state index contributed by atoms with van der Waals surface area (Å²) in [5, 5.41) is 4.11. The molecule has 0 radical (unpaired) electrons. The number of nitrogen functional groups attached to an aromatic ring is 1. The van der Waals surface area contributed by atoms with Crippen molar-refractivity contribution < 1.29 is 4.79 Å². The van der Waals surface area contributed by atoms with Gasteiger partial charge < -0.3 is 10.6 Å². The van der Waals surface area contributed by atoms with Gasteiger partial charge >= 0.3 is 0 Å². The highest BCUT2D eigenvalue weighted by Crippen LogP contribution is 2.07. The largest absolute Gasteiger partial charge is 0.399 e. The highest BCUT2D eigenvalue weighted by atomic mass is 16.2. The minimum absolute atomic E-state index is 0.0944. The van der Waals surface area contributed by atoms with Crippen molar-refractivity contribution >= 4 is 11.6 Å². The van der Waals surface area contributed by atoms with Gasteiger partial charge in [0.1, 0.15) is 0 Å². The minimum atomic E-state index is 0.0944. The van der Waals surface area contributed by atoms with E-state index in [1.807, 2.05) is 48.3 Å². The summed E-state index contributed by atoms with van der Waals surface area (Å²) in [5.41, 5.74) is 7.30. The standard InChI is InChI=1S/C14H18N4O/c1-17(9-10-18-8-2-7-16-18)14(19)11-12-3-5-13(15)6-4-12/h2-8H,9-11,15H2,1H3. The lowest BCUT2D eigenvalue weighted by molar-refractivity contribution is -0.129. The summed E-state index contributed by atoms with van der Waals surface area (Å²) in [4.78, 5) is 13.7. The summed E-state index contributed by atoms with van der Waals surface area (Å²) in [7, 11) is 1.81. The number of benzene rings is 1. The summed E-state index contributed by atoms with van der Waals surface area (Å²) < 4.78 is 1.81. The first-order valence-corrected chi connectivity index (χ1v) is 6.21. The van der Waals surface area contributed by atoms with E-state index < -0.39 is 0 Å². The number of anilines is 1. The van der Waals surface area contributed by atoms with E-state index in [2.05, 4.69) is 5.10 Å². The van der Waals surface area contributed by atoms with Gasteiger partial charge in [0.2, 0.25) is 5.91 Å². The van der Waals surface area contributed by atoms with E-state index in [1.165, 1.54) is 0 Å². The van der Waals surface area contributed by atoms with Gasteiger partial charge in [0.15, 0.2) is 0 Å². The molecule has 0 bridgehead atoms. The Morgan fingerprint density at radius 1 is 1.37 bits per heavy atom. The molecular formula is C14H18N4O. The molecule has 2 aromatic rings. The molecule has 0 aliphatic carbocycles. The van der Waals surface area contributed by atoms with Crippen LogP contribution in [0.25, 0.3) is 0 Å². The van der Waals surface area contributed by atoms with E-state index >= 15 is 0 Å². The van der Waals surface area contributed by atoms with Gasteiger partial charge in [-0.2, -0.15) is 5.10 Å². The Morgan fingerprint density at radius 2 is 2.11 bits per heavy atom. The van der Waals surface area contributed by atoms with E-state index in [9.17, 15) is 4.79 Å². The molecule has 0 saturated heterocycles. The monoisotopic (exact) mass is 258 g/mol. The van der Waals surface area contributed by atoms with Crippen LogP contribution in [-0.4, -0.2) is 34.2 Å². The Hall–Kier alpha value is -2.30. The molecule has 0 saturated carbocycles. The van der Waals surface area contributed by atoms with Gasteiger partial charge in [-0.1, -0.05) is 12.1 Å². The summed E-state index contributed by atoms with van der Waals surface area (Å²) in [5.74, 6) is 0.0944. The van der Waals surface area contributed by atoms with Crippen molar-refractivity contribution in [3.63, 3.8) is 0 Å². The fraction of sp³-hybridized carbons (Fsp3) is 0.286. The molecule has 1 heterocycles. The Morgan fingerprint density at radius 3 is 2.74 bits per heavy atom. The maximum absolute atomic E-state index is 12.0. The second-order valence-electron chi connectivity index (χ2n) is 4.50. The SMILES string of the molecule is CN(CCn1cccn1)C(=O)Cc1ccc(N)cc1. The third kappa shape index (κ3) is 3.84. The number of carbonyl (C=O) groups is 1. The summed E-state index contributed by atoms with van der Waals surface area (Å²) in [6.45, 7) is 1.35. The zero-order chi connectivity index (χ0) is 13.7. The van der Waals surface area contributed by atoms with Crippen molar-refractivity contribution in [1.29, 1.82) is 0 Å². The second kappa shape index (κ2) is 6.04. The molecule has 0 unspecified atom stereocenters. The Labute approximate surface area is 112 Å². The van der Waals surface area contributed by atoms with Gasteiger partial charge in [-0.15, -0.1) is 0 Å². The summed E-state index contributed by atoms with van der Waals surface area (Å²) in [6.07, 6.45) is 4.02. The number of amides is 1. The number of hydrogen-bond acceptors (Lipinski definition) is 3. The van der Waals surface area contributed by atoms with Crippen molar-refractivity contribution in [2.24, 2.45) is 0 Å². The van der Waals surface area contributed by atoms with E-state index in [-0.39, 0.29) is 5.91 Å². The van der Waals surface area contributed by atoms with E-state index in [0.717, 1.165) is 5.56 Å². The third-order valence-electron chi connectivity index (χ3n) is 2.98. The third-order valence-corrected chi connectivity index (χ3v) is 2.98. The van der Waals surface area contributed by atoms with Crippen molar-refractivity contribution in [2.45, 2.75) is 13.0 Å². The average Bonchev–Trinajstić information content (AvgIpc) is 2.91. The van der Waals surface area contributed by atoms with Crippen LogP contribution in [0.5, 0.6) is 0 Å². The number of hydrogen-bond donors (Lipinski definition) is 1.